The number of aliphatic hydroxyl groups is 1. The van der Waals surface area contributed by atoms with Crippen molar-refractivity contribution in [3.05, 3.63) is 53.7 Å². The molecule has 110 valence electrons. The van der Waals surface area contributed by atoms with Crippen LogP contribution in [0.3, 0.4) is 0 Å². The number of nitrogens with zero attached hydrogens (tertiary/aromatic N) is 2. The molecule has 4 heteroatoms. The number of nitrogens with one attached hydrogen (secondary N) is 1. The quantitative estimate of drug-likeness (QED) is 0.729. The van der Waals surface area contributed by atoms with Crippen LogP contribution in [0.5, 0.6) is 0 Å². The molecule has 0 radical (unpaired) electrons. The van der Waals surface area contributed by atoms with E-state index in [1.165, 1.54) is 10.9 Å². The number of H-pyrrole nitrogens is 1. The SMILES string of the molecule is CCCCc1ncc(CO)n1Cc1ccc2[nH]ccc2c1. The standard InChI is InChI=1S/C17H21N3O/c1-2-3-4-17-19-10-15(12-21)20(17)11-13-5-6-16-14(9-13)7-8-18-16/h5-10,18,21H,2-4,11-12H2,1H3. The minimum atomic E-state index is 0.0333. The number of unbranched alkanes of at least 4 members (excludes halogenated alkanes) is 1. The summed E-state index contributed by atoms with van der Waals surface area (Å²) in [5.41, 5.74) is 3.26. The molecule has 0 aliphatic heterocycles. The van der Waals surface area contributed by atoms with Crippen molar-refractivity contribution in [2.45, 2.75) is 39.3 Å². The third kappa shape index (κ3) is 2.85. The Morgan fingerprint density at radius 2 is 2.19 bits per heavy atom. The molecule has 0 saturated heterocycles. The van der Waals surface area contributed by atoms with Crippen LogP contribution in [0.4, 0.5) is 0 Å². The van der Waals surface area contributed by atoms with Gasteiger partial charge >= 0.3 is 0 Å². The van der Waals surface area contributed by atoms with Gasteiger partial charge in [0, 0.05) is 24.7 Å². The Labute approximate surface area is 124 Å². The molecule has 0 atom stereocenters. The van der Waals surface area contributed by atoms with Crippen molar-refractivity contribution in [2.75, 3.05) is 0 Å². The highest BCUT2D eigenvalue weighted by Gasteiger charge is 2.10. The Balaban J connectivity index is 1.89. The molecule has 4 nitrogen and oxygen atoms in total. The molecule has 3 aromatic rings. The fourth-order valence-electron chi connectivity index (χ4n) is 2.69. The molecule has 0 fully saturated rings. The second kappa shape index (κ2) is 6.14. The summed E-state index contributed by atoms with van der Waals surface area (Å²) in [6.07, 6.45) is 6.98. The van der Waals surface area contributed by atoms with Crippen molar-refractivity contribution in [1.82, 2.24) is 14.5 Å². The zero-order valence-corrected chi connectivity index (χ0v) is 12.3. The molecule has 0 aliphatic rings. The van der Waals surface area contributed by atoms with Crippen LogP contribution in [0, 0.1) is 0 Å². The van der Waals surface area contributed by atoms with E-state index in [-0.39, 0.29) is 6.61 Å². The molecular formula is C17H21N3O. The van der Waals surface area contributed by atoms with Crippen molar-refractivity contribution < 1.29 is 5.11 Å². The van der Waals surface area contributed by atoms with Crippen molar-refractivity contribution in [3.8, 4) is 0 Å². The van der Waals surface area contributed by atoms with E-state index in [9.17, 15) is 5.11 Å². The summed E-state index contributed by atoms with van der Waals surface area (Å²) >= 11 is 0. The molecule has 3 rings (SSSR count). The van der Waals surface area contributed by atoms with E-state index < -0.39 is 0 Å². The Morgan fingerprint density at radius 3 is 3.00 bits per heavy atom. The number of fused-ring (bicyclic) bond motifs is 1. The van der Waals surface area contributed by atoms with Gasteiger partial charge in [0.2, 0.25) is 0 Å². The smallest absolute Gasteiger partial charge is 0.109 e. The van der Waals surface area contributed by atoms with Crippen LogP contribution >= 0.6 is 0 Å². The maximum absolute atomic E-state index is 9.51. The topological polar surface area (TPSA) is 53.8 Å². The molecule has 2 N–H and O–H groups in total. The lowest BCUT2D eigenvalue weighted by Gasteiger charge is -2.11. The van der Waals surface area contributed by atoms with Gasteiger partial charge < -0.3 is 14.7 Å². The summed E-state index contributed by atoms with van der Waals surface area (Å²) in [7, 11) is 0. The normalized spacial score (nSPS) is 11.3. The van der Waals surface area contributed by atoms with Crippen LogP contribution in [0.1, 0.15) is 36.8 Å². The first-order chi connectivity index (χ1) is 10.3. The number of imidazole rings is 1. The lowest BCUT2D eigenvalue weighted by atomic mass is 10.1. The van der Waals surface area contributed by atoms with Crippen molar-refractivity contribution in [2.24, 2.45) is 0 Å². The van der Waals surface area contributed by atoms with Crippen LogP contribution in [-0.4, -0.2) is 19.6 Å². The van der Waals surface area contributed by atoms with Gasteiger partial charge in [0.25, 0.3) is 0 Å². The van der Waals surface area contributed by atoms with Gasteiger partial charge in [-0.05, 0) is 35.6 Å². The minimum absolute atomic E-state index is 0.0333. The number of aromatic nitrogens is 3. The van der Waals surface area contributed by atoms with Gasteiger partial charge in [-0.15, -0.1) is 0 Å². The van der Waals surface area contributed by atoms with E-state index >= 15 is 0 Å². The lowest BCUT2D eigenvalue weighted by Crippen LogP contribution is -2.09. The number of aromatic amines is 1. The first kappa shape index (κ1) is 13.9. The molecule has 2 heterocycles. The van der Waals surface area contributed by atoms with Crippen molar-refractivity contribution >= 4 is 10.9 Å². The summed E-state index contributed by atoms with van der Waals surface area (Å²) < 4.78 is 2.14. The number of rotatable bonds is 6. The van der Waals surface area contributed by atoms with Gasteiger partial charge in [-0.25, -0.2) is 4.98 Å². The largest absolute Gasteiger partial charge is 0.390 e. The minimum Gasteiger partial charge on any atom is -0.390 e. The van der Waals surface area contributed by atoms with Crippen LogP contribution in [0.15, 0.2) is 36.7 Å². The fraction of sp³-hybridized carbons (Fsp3) is 0.353. The molecule has 0 amide bonds. The van der Waals surface area contributed by atoms with E-state index in [4.69, 9.17) is 0 Å². The molecular weight excluding hydrogens is 262 g/mol. The highest BCUT2D eigenvalue weighted by atomic mass is 16.3. The summed E-state index contributed by atoms with van der Waals surface area (Å²) in [6.45, 7) is 2.97. The second-order valence-corrected chi connectivity index (χ2v) is 5.41. The average molecular weight is 283 g/mol. The van der Waals surface area contributed by atoms with E-state index in [1.807, 2.05) is 6.20 Å². The Kier molecular flexibility index (Phi) is 4.06. The van der Waals surface area contributed by atoms with E-state index in [2.05, 4.69) is 45.7 Å². The van der Waals surface area contributed by atoms with Gasteiger partial charge in [0.1, 0.15) is 5.82 Å². The third-order valence-corrected chi connectivity index (χ3v) is 3.90. The second-order valence-electron chi connectivity index (χ2n) is 5.41. The molecule has 1 aromatic carbocycles. The molecule has 0 unspecified atom stereocenters. The maximum atomic E-state index is 9.51. The van der Waals surface area contributed by atoms with Crippen LogP contribution in [-0.2, 0) is 19.6 Å². The molecule has 0 spiro atoms. The van der Waals surface area contributed by atoms with Crippen LogP contribution in [0.25, 0.3) is 10.9 Å². The summed E-state index contributed by atoms with van der Waals surface area (Å²) in [5, 5.41) is 10.7. The summed E-state index contributed by atoms with van der Waals surface area (Å²) in [4.78, 5) is 7.68. The van der Waals surface area contributed by atoms with Gasteiger partial charge in [-0.1, -0.05) is 19.4 Å². The monoisotopic (exact) mass is 283 g/mol. The van der Waals surface area contributed by atoms with E-state index in [0.29, 0.717) is 0 Å². The lowest BCUT2D eigenvalue weighted by molar-refractivity contribution is 0.271. The Morgan fingerprint density at radius 1 is 1.29 bits per heavy atom. The van der Waals surface area contributed by atoms with Crippen molar-refractivity contribution in [1.29, 1.82) is 0 Å². The van der Waals surface area contributed by atoms with Gasteiger partial charge in [0.15, 0.2) is 0 Å². The third-order valence-electron chi connectivity index (χ3n) is 3.90. The Hall–Kier alpha value is -2.07. The van der Waals surface area contributed by atoms with Crippen molar-refractivity contribution in [3.63, 3.8) is 0 Å². The van der Waals surface area contributed by atoms with Gasteiger partial charge in [0.05, 0.1) is 18.5 Å². The fourth-order valence-corrected chi connectivity index (χ4v) is 2.69. The maximum Gasteiger partial charge on any atom is 0.109 e. The highest BCUT2D eigenvalue weighted by molar-refractivity contribution is 5.79. The van der Waals surface area contributed by atoms with Crippen LogP contribution < -0.4 is 0 Å². The summed E-state index contributed by atoms with van der Waals surface area (Å²) in [6, 6.07) is 8.50. The van der Waals surface area contributed by atoms with Crippen LogP contribution in [0.2, 0.25) is 0 Å². The predicted octanol–water partition coefficient (Wildman–Crippen LogP) is 3.25. The molecule has 0 bridgehead atoms. The van der Waals surface area contributed by atoms with E-state index in [0.717, 1.165) is 42.8 Å². The first-order valence-electron chi connectivity index (χ1n) is 7.52. The number of aliphatic hydroxyl groups excluding tert-OH is 1. The predicted molar refractivity (Wildman–Crippen MR) is 84.2 cm³/mol. The zero-order chi connectivity index (χ0) is 14.7. The number of benzene rings is 1. The molecule has 21 heavy (non-hydrogen) atoms. The average Bonchev–Trinajstić information content (AvgIpc) is 3.11. The first-order valence-corrected chi connectivity index (χ1v) is 7.52. The highest BCUT2D eigenvalue weighted by Crippen LogP contribution is 2.17. The number of aryl methyl sites for hydroxylation is 1. The summed E-state index contributed by atoms with van der Waals surface area (Å²) in [5.74, 6) is 1.06. The van der Waals surface area contributed by atoms with Gasteiger partial charge in [-0.3, -0.25) is 0 Å². The number of hydrogen-bond acceptors (Lipinski definition) is 2. The van der Waals surface area contributed by atoms with E-state index in [1.54, 1.807) is 6.20 Å². The number of hydrogen-bond donors (Lipinski definition) is 2. The zero-order valence-electron chi connectivity index (χ0n) is 12.3. The molecule has 0 aliphatic carbocycles. The Bertz CT molecular complexity index is 727. The molecule has 2 aromatic heterocycles. The van der Waals surface area contributed by atoms with Gasteiger partial charge in [-0.2, -0.15) is 0 Å². The molecule has 0 saturated carbocycles.